The zero-order chi connectivity index (χ0) is 14.0. The molecule has 2 N–H and O–H groups in total. The van der Waals surface area contributed by atoms with Crippen molar-refractivity contribution in [3.05, 3.63) is 58.1 Å². The molecule has 0 unspecified atom stereocenters. The molecule has 0 saturated carbocycles. The van der Waals surface area contributed by atoms with E-state index in [2.05, 4.69) is 21.2 Å². The molecule has 98 valence electrons. The lowest BCUT2D eigenvalue weighted by molar-refractivity contribution is 0.102. The van der Waals surface area contributed by atoms with Crippen LogP contribution < -0.4 is 5.32 Å². The van der Waals surface area contributed by atoms with Gasteiger partial charge in [-0.25, -0.2) is 8.78 Å². The van der Waals surface area contributed by atoms with E-state index < -0.39 is 17.5 Å². The molecule has 0 heterocycles. The van der Waals surface area contributed by atoms with E-state index >= 15 is 0 Å². The smallest absolute Gasteiger partial charge is 0.259 e. The molecule has 2 aromatic rings. The molecule has 0 aromatic heterocycles. The van der Waals surface area contributed by atoms with Crippen molar-refractivity contribution in [2.75, 3.05) is 5.32 Å². The molecule has 0 aliphatic rings. The number of benzene rings is 2. The second-order valence-electron chi connectivity index (χ2n) is 3.71. The van der Waals surface area contributed by atoms with E-state index in [1.165, 1.54) is 24.3 Å². The Balaban J connectivity index is 2.31. The van der Waals surface area contributed by atoms with Gasteiger partial charge in [0.05, 0.1) is 11.3 Å². The highest BCUT2D eigenvalue weighted by atomic mass is 79.9. The number of hydrogen-bond donors (Lipinski definition) is 2. The summed E-state index contributed by atoms with van der Waals surface area (Å²) in [4.78, 5) is 11.9. The lowest BCUT2D eigenvalue weighted by Gasteiger charge is -2.08. The number of phenols is 1. The van der Waals surface area contributed by atoms with E-state index in [0.717, 1.165) is 12.1 Å². The molecule has 3 nitrogen and oxygen atoms in total. The molecular weight excluding hydrogens is 320 g/mol. The van der Waals surface area contributed by atoms with E-state index in [4.69, 9.17) is 5.11 Å². The molecular formula is C13H8BrF2NO2. The maximum Gasteiger partial charge on any atom is 0.259 e. The summed E-state index contributed by atoms with van der Waals surface area (Å²) in [6.07, 6.45) is 0. The van der Waals surface area contributed by atoms with Gasteiger partial charge in [-0.2, -0.15) is 0 Å². The first kappa shape index (κ1) is 13.5. The quantitative estimate of drug-likeness (QED) is 0.826. The van der Waals surface area contributed by atoms with Gasteiger partial charge in [0.2, 0.25) is 0 Å². The normalized spacial score (nSPS) is 10.3. The SMILES string of the molecule is O=C(Nc1ccc(O)cc1F)c1c(F)cccc1Br. The van der Waals surface area contributed by atoms with Crippen molar-refractivity contribution in [3.8, 4) is 5.75 Å². The van der Waals surface area contributed by atoms with Crippen molar-refractivity contribution in [2.45, 2.75) is 0 Å². The number of amides is 1. The summed E-state index contributed by atoms with van der Waals surface area (Å²) in [7, 11) is 0. The predicted molar refractivity (Wildman–Crippen MR) is 70.1 cm³/mol. The fourth-order valence-corrected chi connectivity index (χ4v) is 2.03. The highest BCUT2D eigenvalue weighted by molar-refractivity contribution is 9.10. The molecule has 0 spiro atoms. The third-order valence-corrected chi connectivity index (χ3v) is 3.05. The molecule has 1 amide bonds. The monoisotopic (exact) mass is 327 g/mol. The van der Waals surface area contributed by atoms with Gasteiger partial charge in [0.1, 0.15) is 17.4 Å². The second kappa shape index (κ2) is 5.36. The Labute approximate surface area is 116 Å². The van der Waals surface area contributed by atoms with Gasteiger partial charge in [-0.1, -0.05) is 6.07 Å². The Morgan fingerprint density at radius 1 is 1.16 bits per heavy atom. The topological polar surface area (TPSA) is 49.3 Å². The van der Waals surface area contributed by atoms with Crippen LogP contribution in [0, 0.1) is 11.6 Å². The number of phenolic OH excluding ortho intramolecular Hbond substituents is 1. The molecule has 0 aliphatic carbocycles. The van der Waals surface area contributed by atoms with Crippen LogP contribution >= 0.6 is 15.9 Å². The van der Waals surface area contributed by atoms with Crippen LogP contribution in [-0.2, 0) is 0 Å². The van der Waals surface area contributed by atoms with Crippen LogP contribution in [0.25, 0.3) is 0 Å². The van der Waals surface area contributed by atoms with Crippen molar-refractivity contribution >= 4 is 27.5 Å². The third kappa shape index (κ3) is 2.90. The molecule has 0 bridgehead atoms. The molecule has 0 aliphatic heterocycles. The minimum Gasteiger partial charge on any atom is -0.508 e. The van der Waals surface area contributed by atoms with Crippen molar-refractivity contribution in [1.29, 1.82) is 0 Å². The number of carbonyl (C=O) groups is 1. The standard InChI is InChI=1S/C13H8BrF2NO2/c14-8-2-1-3-9(15)12(8)13(19)17-11-5-4-7(18)6-10(11)16/h1-6,18H,(H,17,19). The Morgan fingerprint density at radius 3 is 2.53 bits per heavy atom. The molecule has 0 saturated heterocycles. The highest BCUT2D eigenvalue weighted by Crippen LogP contribution is 2.23. The van der Waals surface area contributed by atoms with Gasteiger partial charge < -0.3 is 10.4 Å². The summed E-state index contributed by atoms with van der Waals surface area (Å²) in [5.74, 6) is -2.57. The van der Waals surface area contributed by atoms with Gasteiger partial charge in [-0.15, -0.1) is 0 Å². The first-order valence-corrected chi connectivity index (χ1v) is 6.02. The molecule has 0 radical (unpaired) electrons. The van der Waals surface area contributed by atoms with Gasteiger partial charge in [-0.3, -0.25) is 4.79 Å². The number of aromatic hydroxyl groups is 1. The molecule has 0 fully saturated rings. The van der Waals surface area contributed by atoms with Crippen LogP contribution in [-0.4, -0.2) is 11.0 Å². The van der Waals surface area contributed by atoms with Crippen LogP contribution in [0.2, 0.25) is 0 Å². The maximum atomic E-state index is 13.5. The van der Waals surface area contributed by atoms with Crippen molar-refractivity contribution in [2.24, 2.45) is 0 Å². The van der Waals surface area contributed by atoms with Gasteiger partial charge >= 0.3 is 0 Å². The lowest BCUT2D eigenvalue weighted by atomic mass is 10.2. The minimum atomic E-state index is -0.805. The average molecular weight is 328 g/mol. The largest absolute Gasteiger partial charge is 0.508 e. The van der Waals surface area contributed by atoms with E-state index in [9.17, 15) is 13.6 Å². The minimum absolute atomic E-state index is 0.141. The number of halogens is 3. The van der Waals surface area contributed by atoms with E-state index in [-0.39, 0.29) is 21.5 Å². The summed E-state index contributed by atoms with van der Waals surface area (Å²) in [6, 6.07) is 7.34. The fourth-order valence-electron chi connectivity index (χ4n) is 1.50. The second-order valence-corrected chi connectivity index (χ2v) is 4.57. The molecule has 19 heavy (non-hydrogen) atoms. The predicted octanol–water partition coefficient (Wildman–Crippen LogP) is 3.69. The Morgan fingerprint density at radius 2 is 1.89 bits per heavy atom. The summed E-state index contributed by atoms with van der Waals surface area (Å²) < 4.78 is 27.3. The number of carbonyl (C=O) groups excluding carboxylic acids is 1. The van der Waals surface area contributed by atoms with Crippen LogP contribution in [0.3, 0.4) is 0 Å². The first-order valence-electron chi connectivity index (χ1n) is 5.23. The highest BCUT2D eigenvalue weighted by Gasteiger charge is 2.16. The third-order valence-electron chi connectivity index (χ3n) is 2.39. The van der Waals surface area contributed by atoms with Crippen LogP contribution in [0.4, 0.5) is 14.5 Å². The van der Waals surface area contributed by atoms with E-state index in [0.29, 0.717) is 0 Å². The molecule has 2 rings (SSSR count). The van der Waals surface area contributed by atoms with Gasteiger partial charge in [0, 0.05) is 10.5 Å². The van der Waals surface area contributed by atoms with Crippen LogP contribution in [0.1, 0.15) is 10.4 Å². The van der Waals surface area contributed by atoms with Gasteiger partial charge in [0.25, 0.3) is 5.91 Å². The summed E-state index contributed by atoms with van der Waals surface area (Å²) in [6.45, 7) is 0. The van der Waals surface area contributed by atoms with Gasteiger partial charge in [-0.05, 0) is 40.2 Å². The Kier molecular flexibility index (Phi) is 3.80. The van der Waals surface area contributed by atoms with Crippen LogP contribution in [0.15, 0.2) is 40.9 Å². The van der Waals surface area contributed by atoms with Crippen molar-refractivity contribution in [1.82, 2.24) is 0 Å². The number of nitrogens with one attached hydrogen (secondary N) is 1. The van der Waals surface area contributed by atoms with Gasteiger partial charge in [0.15, 0.2) is 0 Å². The number of anilines is 1. The molecule has 0 atom stereocenters. The molecule has 2 aromatic carbocycles. The molecule has 6 heteroatoms. The maximum absolute atomic E-state index is 13.5. The Hall–Kier alpha value is -1.95. The number of hydrogen-bond acceptors (Lipinski definition) is 2. The zero-order valence-corrected chi connectivity index (χ0v) is 11.0. The van der Waals surface area contributed by atoms with E-state index in [1.807, 2.05) is 0 Å². The lowest BCUT2D eigenvalue weighted by Crippen LogP contribution is -2.15. The Bertz CT molecular complexity index is 626. The summed E-state index contributed by atoms with van der Waals surface area (Å²) in [5.41, 5.74) is -0.354. The summed E-state index contributed by atoms with van der Waals surface area (Å²) >= 11 is 3.06. The number of rotatable bonds is 2. The summed E-state index contributed by atoms with van der Waals surface area (Å²) in [5, 5.41) is 11.3. The van der Waals surface area contributed by atoms with Crippen molar-refractivity contribution in [3.63, 3.8) is 0 Å². The first-order chi connectivity index (χ1) is 8.99. The van der Waals surface area contributed by atoms with Crippen LogP contribution in [0.5, 0.6) is 5.75 Å². The van der Waals surface area contributed by atoms with Crippen molar-refractivity contribution < 1.29 is 18.7 Å². The average Bonchev–Trinajstić information content (AvgIpc) is 2.32. The zero-order valence-electron chi connectivity index (χ0n) is 9.45. The van der Waals surface area contributed by atoms with E-state index in [1.54, 1.807) is 0 Å². The fraction of sp³-hybridized carbons (Fsp3) is 0.